The maximum Gasteiger partial charge on any atom is 0.0977 e. The molecule has 0 radical (unpaired) electrons. The van der Waals surface area contributed by atoms with E-state index >= 15 is 0 Å². The highest BCUT2D eigenvalue weighted by Crippen LogP contribution is 2.15. The van der Waals surface area contributed by atoms with Gasteiger partial charge in [0.05, 0.1) is 6.17 Å². The highest BCUT2D eigenvalue weighted by molar-refractivity contribution is 4.94. The SMILES string of the molecule is CCCCN1C=CN(CCC)C1C. The van der Waals surface area contributed by atoms with E-state index < -0.39 is 0 Å². The van der Waals surface area contributed by atoms with Gasteiger partial charge in [-0.05, 0) is 19.8 Å². The van der Waals surface area contributed by atoms with Crippen LogP contribution in [-0.2, 0) is 0 Å². The monoisotopic (exact) mass is 182 g/mol. The zero-order valence-electron chi connectivity index (χ0n) is 9.16. The second-order valence-electron chi connectivity index (χ2n) is 3.76. The Balaban J connectivity index is 2.32. The van der Waals surface area contributed by atoms with Gasteiger partial charge in [-0.15, -0.1) is 0 Å². The van der Waals surface area contributed by atoms with Crippen LogP contribution in [0.3, 0.4) is 0 Å². The second kappa shape index (κ2) is 5.15. The Bertz CT molecular complexity index is 165. The Labute approximate surface area is 82.2 Å². The summed E-state index contributed by atoms with van der Waals surface area (Å²) in [5.41, 5.74) is 0. The highest BCUT2D eigenvalue weighted by Gasteiger charge is 2.19. The average Bonchev–Trinajstić information content (AvgIpc) is 2.46. The van der Waals surface area contributed by atoms with Gasteiger partial charge in [-0.3, -0.25) is 0 Å². The summed E-state index contributed by atoms with van der Waals surface area (Å²) in [5.74, 6) is 0. The van der Waals surface area contributed by atoms with Gasteiger partial charge in [0.25, 0.3) is 0 Å². The zero-order valence-corrected chi connectivity index (χ0v) is 9.16. The van der Waals surface area contributed by atoms with E-state index in [1.54, 1.807) is 0 Å². The van der Waals surface area contributed by atoms with Crippen LogP contribution in [0.25, 0.3) is 0 Å². The van der Waals surface area contributed by atoms with Gasteiger partial charge >= 0.3 is 0 Å². The minimum absolute atomic E-state index is 0.575. The van der Waals surface area contributed by atoms with E-state index in [2.05, 4.69) is 43.0 Å². The molecule has 1 heterocycles. The zero-order chi connectivity index (χ0) is 9.68. The van der Waals surface area contributed by atoms with Crippen molar-refractivity contribution >= 4 is 0 Å². The molecular weight excluding hydrogens is 160 g/mol. The van der Waals surface area contributed by atoms with Crippen molar-refractivity contribution in [2.45, 2.75) is 46.2 Å². The lowest BCUT2D eigenvalue weighted by molar-refractivity contribution is 0.168. The van der Waals surface area contributed by atoms with Crippen LogP contribution in [0.5, 0.6) is 0 Å². The normalized spacial score (nSPS) is 21.6. The summed E-state index contributed by atoms with van der Waals surface area (Å²) in [6, 6.07) is 0. The molecule has 0 aromatic heterocycles. The molecule has 13 heavy (non-hydrogen) atoms. The van der Waals surface area contributed by atoms with Crippen LogP contribution in [0.15, 0.2) is 12.4 Å². The quantitative estimate of drug-likeness (QED) is 0.645. The predicted molar refractivity (Wildman–Crippen MR) is 57.2 cm³/mol. The van der Waals surface area contributed by atoms with Crippen molar-refractivity contribution < 1.29 is 0 Å². The van der Waals surface area contributed by atoms with Crippen LogP contribution in [0, 0.1) is 0 Å². The first kappa shape index (κ1) is 10.4. The topological polar surface area (TPSA) is 6.48 Å². The van der Waals surface area contributed by atoms with E-state index in [4.69, 9.17) is 0 Å². The number of hydrogen-bond donors (Lipinski definition) is 0. The van der Waals surface area contributed by atoms with Gasteiger partial charge in [-0.2, -0.15) is 0 Å². The predicted octanol–water partition coefficient (Wildman–Crippen LogP) is 2.63. The molecule has 76 valence electrons. The van der Waals surface area contributed by atoms with Crippen LogP contribution >= 0.6 is 0 Å². The molecule has 0 saturated heterocycles. The molecule has 0 N–H and O–H groups in total. The summed E-state index contributed by atoms with van der Waals surface area (Å²) >= 11 is 0. The Morgan fingerprint density at radius 2 is 1.62 bits per heavy atom. The first-order chi connectivity index (χ1) is 6.29. The van der Waals surface area contributed by atoms with E-state index in [0.717, 1.165) is 0 Å². The third-order valence-corrected chi connectivity index (χ3v) is 2.66. The van der Waals surface area contributed by atoms with Gasteiger partial charge in [0.1, 0.15) is 0 Å². The van der Waals surface area contributed by atoms with Crippen LogP contribution in [0.1, 0.15) is 40.0 Å². The van der Waals surface area contributed by atoms with Crippen LogP contribution in [0.4, 0.5) is 0 Å². The fourth-order valence-electron chi connectivity index (χ4n) is 1.73. The molecule has 0 aromatic rings. The van der Waals surface area contributed by atoms with Crippen molar-refractivity contribution in [2.75, 3.05) is 13.1 Å². The van der Waals surface area contributed by atoms with Gasteiger partial charge in [-0.1, -0.05) is 20.3 Å². The lowest BCUT2D eigenvalue weighted by Crippen LogP contribution is -2.36. The number of unbranched alkanes of at least 4 members (excludes halogenated alkanes) is 1. The molecule has 0 saturated carbocycles. The second-order valence-corrected chi connectivity index (χ2v) is 3.76. The summed E-state index contributed by atoms with van der Waals surface area (Å²) in [5, 5.41) is 0. The molecule has 0 amide bonds. The molecule has 1 atom stereocenters. The van der Waals surface area contributed by atoms with Gasteiger partial charge < -0.3 is 9.80 Å². The third-order valence-electron chi connectivity index (χ3n) is 2.66. The number of rotatable bonds is 5. The summed E-state index contributed by atoms with van der Waals surface area (Å²) in [4.78, 5) is 4.84. The van der Waals surface area contributed by atoms with E-state index in [1.165, 1.54) is 32.4 Å². The summed E-state index contributed by atoms with van der Waals surface area (Å²) < 4.78 is 0. The molecule has 0 fully saturated rings. The van der Waals surface area contributed by atoms with Crippen molar-refractivity contribution in [3.05, 3.63) is 12.4 Å². The Kier molecular flexibility index (Phi) is 4.13. The largest absolute Gasteiger partial charge is 0.356 e. The molecule has 1 rings (SSSR count). The Morgan fingerprint density at radius 3 is 2.15 bits per heavy atom. The highest BCUT2D eigenvalue weighted by atomic mass is 15.4. The van der Waals surface area contributed by atoms with Crippen molar-refractivity contribution in [3.63, 3.8) is 0 Å². The third kappa shape index (κ3) is 2.64. The van der Waals surface area contributed by atoms with Crippen molar-refractivity contribution in [1.82, 2.24) is 9.80 Å². The molecule has 1 aliphatic heterocycles. The Morgan fingerprint density at radius 1 is 1.00 bits per heavy atom. The standard InChI is InChI=1S/C11H22N2/c1-4-6-8-13-10-9-12(7-5-2)11(13)3/h9-11H,4-8H2,1-3H3. The molecule has 1 unspecified atom stereocenters. The maximum atomic E-state index is 2.43. The van der Waals surface area contributed by atoms with Gasteiger partial charge in [0, 0.05) is 25.5 Å². The van der Waals surface area contributed by atoms with Crippen LogP contribution < -0.4 is 0 Å². The lowest BCUT2D eigenvalue weighted by Gasteiger charge is -2.29. The maximum absolute atomic E-state index is 2.43. The van der Waals surface area contributed by atoms with E-state index in [1.807, 2.05) is 0 Å². The average molecular weight is 182 g/mol. The summed E-state index contributed by atoms with van der Waals surface area (Å²) in [6.45, 7) is 9.14. The number of hydrogen-bond acceptors (Lipinski definition) is 2. The molecule has 2 heteroatoms. The molecule has 0 aromatic carbocycles. The van der Waals surface area contributed by atoms with Crippen molar-refractivity contribution in [1.29, 1.82) is 0 Å². The van der Waals surface area contributed by atoms with Crippen molar-refractivity contribution in [3.8, 4) is 0 Å². The summed E-state index contributed by atoms with van der Waals surface area (Å²) in [7, 11) is 0. The first-order valence-electron chi connectivity index (χ1n) is 5.49. The lowest BCUT2D eigenvalue weighted by atomic mass is 10.3. The molecule has 2 nitrogen and oxygen atoms in total. The van der Waals surface area contributed by atoms with Gasteiger partial charge in [-0.25, -0.2) is 0 Å². The smallest absolute Gasteiger partial charge is 0.0977 e. The molecule has 1 aliphatic rings. The van der Waals surface area contributed by atoms with Gasteiger partial charge in [0.2, 0.25) is 0 Å². The molecule has 0 aliphatic carbocycles. The summed E-state index contributed by atoms with van der Waals surface area (Å²) in [6.07, 6.45) is 8.85. The van der Waals surface area contributed by atoms with E-state index in [-0.39, 0.29) is 0 Å². The Hall–Kier alpha value is -0.660. The fourth-order valence-corrected chi connectivity index (χ4v) is 1.73. The fraction of sp³-hybridized carbons (Fsp3) is 0.818. The van der Waals surface area contributed by atoms with Crippen LogP contribution in [0.2, 0.25) is 0 Å². The first-order valence-corrected chi connectivity index (χ1v) is 5.49. The number of nitrogens with zero attached hydrogens (tertiary/aromatic N) is 2. The molecule has 0 bridgehead atoms. The molecule has 0 spiro atoms. The van der Waals surface area contributed by atoms with Gasteiger partial charge in [0.15, 0.2) is 0 Å². The van der Waals surface area contributed by atoms with E-state index in [0.29, 0.717) is 6.17 Å². The van der Waals surface area contributed by atoms with Crippen molar-refractivity contribution in [2.24, 2.45) is 0 Å². The minimum atomic E-state index is 0.575. The van der Waals surface area contributed by atoms with Crippen LogP contribution in [-0.4, -0.2) is 29.1 Å². The minimum Gasteiger partial charge on any atom is -0.356 e. The van der Waals surface area contributed by atoms with E-state index in [9.17, 15) is 0 Å². The molecular formula is C11H22N2.